The normalized spacial score (nSPS) is 18.4. The van der Waals surface area contributed by atoms with E-state index >= 15 is 0 Å². The number of esters is 1. The summed E-state index contributed by atoms with van der Waals surface area (Å²) in [6.07, 6.45) is 3.86. The number of nitrogens with zero attached hydrogens (tertiary/aromatic N) is 2. The number of carbonyl (C=O) groups is 1. The highest BCUT2D eigenvalue weighted by Gasteiger charge is 2.24. The van der Waals surface area contributed by atoms with Gasteiger partial charge in [0, 0.05) is 27.7 Å². The van der Waals surface area contributed by atoms with Gasteiger partial charge in [-0.15, -0.1) is 0 Å². The molecule has 0 spiro atoms. The maximum atomic E-state index is 12.8. The number of fused-ring (bicyclic) bond motifs is 1. The summed E-state index contributed by atoms with van der Waals surface area (Å²) in [4.78, 5) is 27.5. The summed E-state index contributed by atoms with van der Waals surface area (Å²) < 4.78 is 9.18. The Morgan fingerprint density at radius 3 is 2.92 bits per heavy atom. The minimum Gasteiger partial charge on any atom is -0.462 e. The van der Waals surface area contributed by atoms with Gasteiger partial charge in [0.25, 0.3) is 0 Å². The third-order valence-corrected chi connectivity index (χ3v) is 6.17. The lowest BCUT2D eigenvalue weighted by atomic mass is 10.0. The van der Waals surface area contributed by atoms with Crippen molar-refractivity contribution in [1.29, 1.82) is 0 Å². The summed E-state index contributed by atoms with van der Waals surface area (Å²) in [5.41, 5.74) is 0.770. The molecule has 1 unspecified atom stereocenters. The van der Waals surface area contributed by atoms with Crippen LogP contribution < -0.4 is 5.43 Å². The van der Waals surface area contributed by atoms with Crippen molar-refractivity contribution >= 4 is 62.1 Å². The van der Waals surface area contributed by atoms with Crippen LogP contribution in [0.2, 0.25) is 0 Å². The quantitative estimate of drug-likeness (QED) is 0.245. The molecule has 1 aromatic carbocycles. The van der Waals surface area contributed by atoms with Crippen molar-refractivity contribution in [2.45, 2.75) is 25.8 Å². The van der Waals surface area contributed by atoms with Crippen molar-refractivity contribution in [3.05, 3.63) is 43.8 Å². The first kappa shape index (κ1) is 19.1. The van der Waals surface area contributed by atoms with Crippen LogP contribution in [0.4, 0.5) is 0 Å². The standard InChI is InChI=1S/C18H20I2N2O3/c1-2-25-18(24)15-10-22(13-4-3-7-21(9-13)11-19)16-6-5-12(20)8-14(16)17(15)23/h5-6,8,10,13H,2-4,7,9,11H2,1H3. The molecule has 0 aliphatic carbocycles. The molecule has 1 atom stereocenters. The lowest BCUT2D eigenvalue weighted by Crippen LogP contribution is -2.36. The zero-order valence-corrected chi connectivity index (χ0v) is 18.3. The molecule has 134 valence electrons. The summed E-state index contributed by atoms with van der Waals surface area (Å²) in [5.74, 6) is -0.538. The van der Waals surface area contributed by atoms with Gasteiger partial charge in [0.2, 0.25) is 5.43 Å². The molecule has 0 bridgehead atoms. The van der Waals surface area contributed by atoms with E-state index in [9.17, 15) is 9.59 Å². The molecule has 0 amide bonds. The minimum absolute atomic E-state index is 0.128. The van der Waals surface area contributed by atoms with E-state index in [2.05, 4.69) is 54.6 Å². The summed E-state index contributed by atoms with van der Waals surface area (Å²) in [6.45, 7) is 4.03. The van der Waals surface area contributed by atoms with Gasteiger partial charge in [-0.3, -0.25) is 9.69 Å². The molecular formula is C18H20I2N2O3. The molecule has 2 heterocycles. The molecule has 0 saturated carbocycles. The lowest BCUT2D eigenvalue weighted by molar-refractivity contribution is 0.0523. The van der Waals surface area contributed by atoms with Crippen molar-refractivity contribution < 1.29 is 9.53 Å². The van der Waals surface area contributed by atoms with Crippen molar-refractivity contribution in [3.8, 4) is 0 Å². The molecule has 2 aromatic rings. The molecule has 3 rings (SSSR count). The number of likely N-dealkylation sites (tertiary alicyclic amines) is 1. The number of alkyl halides is 1. The first-order valence-electron chi connectivity index (χ1n) is 8.35. The van der Waals surface area contributed by atoms with E-state index in [4.69, 9.17) is 4.74 Å². The van der Waals surface area contributed by atoms with Crippen molar-refractivity contribution in [3.63, 3.8) is 0 Å². The third kappa shape index (κ3) is 4.02. The van der Waals surface area contributed by atoms with Crippen molar-refractivity contribution in [2.24, 2.45) is 0 Å². The van der Waals surface area contributed by atoms with Gasteiger partial charge < -0.3 is 9.30 Å². The van der Waals surface area contributed by atoms with Crippen LogP contribution >= 0.6 is 45.2 Å². The van der Waals surface area contributed by atoms with Gasteiger partial charge in [-0.05, 0) is 67.1 Å². The number of aromatic nitrogens is 1. The number of rotatable bonds is 4. The molecule has 1 fully saturated rings. The molecule has 0 radical (unpaired) electrons. The molecule has 0 N–H and O–H groups in total. The molecule has 1 aromatic heterocycles. The average molecular weight is 566 g/mol. The summed E-state index contributed by atoms with van der Waals surface area (Å²) in [7, 11) is 0. The molecular weight excluding hydrogens is 546 g/mol. The fourth-order valence-corrected chi connectivity index (χ4v) is 4.46. The maximum absolute atomic E-state index is 12.8. The van der Waals surface area contributed by atoms with E-state index in [0.717, 1.165) is 39.6 Å². The molecule has 1 saturated heterocycles. The lowest BCUT2D eigenvalue weighted by Gasteiger charge is -2.33. The SMILES string of the molecule is CCOC(=O)c1cn(C2CCCN(CI)C2)c2ccc(I)cc2c1=O. The Hall–Kier alpha value is -0.680. The fourth-order valence-electron chi connectivity index (χ4n) is 3.35. The zero-order valence-electron chi connectivity index (χ0n) is 14.0. The Morgan fingerprint density at radius 2 is 2.20 bits per heavy atom. The average Bonchev–Trinajstić information content (AvgIpc) is 2.62. The third-order valence-electron chi connectivity index (χ3n) is 4.53. The number of ether oxygens (including phenoxy) is 1. The highest BCUT2D eigenvalue weighted by Crippen LogP contribution is 2.26. The Morgan fingerprint density at radius 1 is 1.40 bits per heavy atom. The molecule has 7 heteroatoms. The maximum Gasteiger partial charge on any atom is 0.343 e. The number of pyridine rings is 1. The van der Waals surface area contributed by atoms with Crippen LogP contribution in [0.5, 0.6) is 0 Å². The highest BCUT2D eigenvalue weighted by atomic mass is 127. The molecule has 25 heavy (non-hydrogen) atoms. The monoisotopic (exact) mass is 566 g/mol. The van der Waals surface area contributed by atoms with Crippen LogP contribution in [-0.2, 0) is 4.74 Å². The van der Waals surface area contributed by atoms with Gasteiger partial charge in [-0.25, -0.2) is 4.79 Å². The van der Waals surface area contributed by atoms with Gasteiger partial charge in [0.05, 0.1) is 16.7 Å². The van der Waals surface area contributed by atoms with Crippen LogP contribution in [0.25, 0.3) is 10.9 Å². The second-order valence-electron chi connectivity index (χ2n) is 6.15. The van der Waals surface area contributed by atoms with Gasteiger partial charge in [-0.2, -0.15) is 0 Å². The van der Waals surface area contributed by atoms with Crippen LogP contribution in [-0.4, -0.2) is 39.7 Å². The number of hydrogen-bond donors (Lipinski definition) is 0. The van der Waals surface area contributed by atoms with E-state index in [1.165, 1.54) is 0 Å². The minimum atomic E-state index is -0.538. The van der Waals surface area contributed by atoms with E-state index < -0.39 is 5.97 Å². The van der Waals surface area contributed by atoms with Gasteiger partial charge >= 0.3 is 5.97 Å². The van der Waals surface area contributed by atoms with E-state index in [0.29, 0.717) is 5.39 Å². The Kier molecular flexibility index (Phi) is 6.37. The first-order valence-corrected chi connectivity index (χ1v) is 11.0. The van der Waals surface area contributed by atoms with Gasteiger partial charge in [0.1, 0.15) is 5.56 Å². The Labute approximate surface area is 174 Å². The summed E-state index contributed by atoms with van der Waals surface area (Å²) in [5, 5.41) is 0.587. The van der Waals surface area contributed by atoms with Crippen LogP contribution in [0.3, 0.4) is 0 Å². The second-order valence-corrected chi connectivity index (χ2v) is 8.08. The highest BCUT2D eigenvalue weighted by molar-refractivity contribution is 14.1. The first-order chi connectivity index (χ1) is 12.0. The number of piperidine rings is 1. The topological polar surface area (TPSA) is 51.5 Å². The van der Waals surface area contributed by atoms with Crippen molar-refractivity contribution in [1.82, 2.24) is 9.47 Å². The Bertz CT molecular complexity index is 850. The fraction of sp³-hybridized carbons (Fsp3) is 0.444. The van der Waals surface area contributed by atoms with Crippen molar-refractivity contribution in [2.75, 3.05) is 24.2 Å². The van der Waals surface area contributed by atoms with E-state index in [-0.39, 0.29) is 23.6 Å². The number of carbonyl (C=O) groups excluding carboxylic acids is 1. The van der Waals surface area contributed by atoms with Crippen LogP contribution in [0, 0.1) is 3.57 Å². The molecule has 1 aliphatic heterocycles. The van der Waals surface area contributed by atoms with Crippen LogP contribution in [0.1, 0.15) is 36.2 Å². The largest absolute Gasteiger partial charge is 0.462 e. The predicted octanol–water partition coefficient (Wildman–Crippen LogP) is 3.81. The van der Waals surface area contributed by atoms with Gasteiger partial charge in [-0.1, -0.05) is 22.6 Å². The summed E-state index contributed by atoms with van der Waals surface area (Å²) >= 11 is 4.58. The second kappa shape index (κ2) is 8.34. The number of benzene rings is 1. The summed E-state index contributed by atoms with van der Waals surface area (Å²) in [6, 6.07) is 6.09. The number of hydrogen-bond acceptors (Lipinski definition) is 4. The van der Waals surface area contributed by atoms with E-state index in [1.54, 1.807) is 13.1 Å². The van der Waals surface area contributed by atoms with E-state index in [1.807, 2.05) is 18.2 Å². The smallest absolute Gasteiger partial charge is 0.343 e. The van der Waals surface area contributed by atoms with Gasteiger partial charge in [0.15, 0.2) is 0 Å². The molecule has 5 nitrogen and oxygen atoms in total. The zero-order chi connectivity index (χ0) is 18.0. The predicted molar refractivity (Wildman–Crippen MR) is 116 cm³/mol. The molecule has 1 aliphatic rings. The van der Waals surface area contributed by atoms with Crippen LogP contribution in [0.15, 0.2) is 29.2 Å². The number of halogens is 2. The Balaban J connectivity index is 2.17.